The standard InChI is InChI=1S/C14H24BrN3/c1-6-10-12(15)13(16-7-2)18-11(17-10)8-9-14(3,4)5/h6-9H2,1-5H3,(H,16,17,18). The fraction of sp³-hybridized carbons (Fsp3) is 0.714. The van der Waals surface area contributed by atoms with Gasteiger partial charge in [0.15, 0.2) is 0 Å². The van der Waals surface area contributed by atoms with Gasteiger partial charge in [0.05, 0.1) is 10.2 Å². The van der Waals surface area contributed by atoms with Crippen molar-refractivity contribution in [2.75, 3.05) is 11.9 Å². The fourth-order valence-electron chi connectivity index (χ4n) is 1.66. The van der Waals surface area contributed by atoms with Gasteiger partial charge < -0.3 is 5.32 Å². The second-order valence-corrected chi connectivity index (χ2v) is 6.49. The molecular formula is C14H24BrN3. The average molecular weight is 314 g/mol. The first-order chi connectivity index (χ1) is 8.37. The molecule has 0 aliphatic rings. The largest absolute Gasteiger partial charge is 0.369 e. The van der Waals surface area contributed by atoms with Crippen LogP contribution >= 0.6 is 15.9 Å². The van der Waals surface area contributed by atoms with Gasteiger partial charge in [-0.3, -0.25) is 0 Å². The summed E-state index contributed by atoms with van der Waals surface area (Å²) in [5.41, 5.74) is 1.41. The van der Waals surface area contributed by atoms with Gasteiger partial charge in [-0.25, -0.2) is 9.97 Å². The van der Waals surface area contributed by atoms with E-state index >= 15 is 0 Å². The Balaban J connectivity index is 2.95. The third-order valence-electron chi connectivity index (χ3n) is 2.74. The molecule has 0 fully saturated rings. The molecule has 1 heterocycles. The Morgan fingerprint density at radius 1 is 1.17 bits per heavy atom. The Kier molecular flexibility index (Phi) is 5.57. The SMILES string of the molecule is CCNc1nc(CCC(C)(C)C)nc(CC)c1Br. The number of halogens is 1. The van der Waals surface area contributed by atoms with Crippen LogP contribution in [0.4, 0.5) is 5.82 Å². The van der Waals surface area contributed by atoms with E-state index in [9.17, 15) is 0 Å². The van der Waals surface area contributed by atoms with Gasteiger partial charge in [0.1, 0.15) is 11.6 Å². The second kappa shape index (κ2) is 6.50. The Morgan fingerprint density at radius 2 is 1.83 bits per heavy atom. The van der Waals surface area contributed by atoms with E-state index in [-0.39, 0.29) is 0 Å². The Morgan fingerprint density at radius 3 is 2.33 bits per heavy atom. The number of rotatable bonds is 5. The van der Waals surface area contributed by atoms with E-state index in [1.54, 1.807) is 0 Å². The molecule has 0 amide bonds. The Hall–Kier alpha value is -0.640. The summed E-state index contributed by atoms with van der Waals surface area (Å²) >= 11 is 3.58. The van der Waals surface area contributed by atoms with Crippen LogP contribution in [0.15, 0.2) is 4.47 Å². The zero-order valence-corrected chi connectivity index (χ0v) is 13.7. The van der Waals surface area contributed by atoms with Gasteiger partial charge in [-0.2, -0.15) is 0 Å². The molecule has 1 N–H and O–H groups in total. The van der Waals surface area contributed by atoms with Crippen molar-refractivity contribution in [1.82, 2.24) is 9.97 Å². The molecule has 3 nitrogen and oxygen atoms in total. The number of nitrogens with one attached hydrogen (secondary N) is 1. The molecule has 0 spiro atoms. The molecular weight excluding hydrogens is 290 g/mol. The summed E-state index contributed by atoms with van der Waals surface area (Å²) in [6, 6.07) is 0. The minimum atomic E-state index is 0.321. The average Bonchev–Trinajstić information content (AvgIpc) is 2.29. The van der Waals surface area contributed by atoms with Gasteiger partial charge in [-0.15, -0.1) is 0 Å². The molecule has 0 aliphatic carbocycles. The maximum atomic E-state index is 4.64. The molecule has 102 valence electrons. The fourth-order valence-corrected chi connectivity index (χ4v) is 2.26. The number of anilines is 1. The van der Waals surface area contributed by atoms with E-state index in [1.807, 2.05) is 0 Å². The maximum absolute atomic E-state index is 4.64. The van der Waals surface area contributed by atoms with Gasteiger partial charge in [0.25, 0.3) is 0 Å². The summed E-state index contributed by atoms with van der Waals surface area (Å²) in [5, 5.41) is 3.29. The molecule has 18 heavy (non-hydrogen) atoms. The summed E-state index contributed by atoms with van der Waals surface area (Å²) in [4.78, 5) is 9.24. The van der Waals surface area contributed by atoms with Crippen LogP contribution in [0, 0.1) is 5.41 Å². The molecule has 0 aliphatic heterocycles. The number of aryl methyl sites for hydroxylation is 2. The van der Waals surface area contributed by atoms with Crippen molar-refractivity contribution in [3.8, 4) is 0 Å². The van der Waals surface area contributed by atoms with E-state index in [4.69, 9.17) is 0 Å². The van der Waals surface area contributed by atoms with Crippen molar-refractivity contribution >= 4 is 21.7 Å². The van der Waals surface area contributed by atoms with Crippen LogP contribution < -0.4 is 5.32 Å². The van der Waals surface area contributed by atoms with Crippen molar-refractivity contribution in [3.63, 3.8) is 0 Å². The molecule has 0 saturated carbocycles. The van der Waals surface area contributed by atoms with E-state index < -0.39 is 0 Å². The van der Waals surface area contributed by atoms with E-state index in [0.717, 1.165) is 47.6 Å². The van der Waals surface area contributed by atoms with Crippen molar-refractivity contribution in [2.45, 2.75) is 53.9 Å². The topological polar surface area (TPSA) is 37.8 Å². The molecule has 0 atom stereocenters. The van der Waals surface area contributed by atoms with Crippen LogP contribution in [-0.4, -0.2) is 16.5 Å². The summed E-state index contributed by atoms with van der Waals surface area (Å²) in [7, 11) is 0. The van der Waals surface area contributed by atoms with Crippen molar-refractivity contribution in [1.29, 1.82) is 0 Å². The van der Waals surface area contributed by atoms with E-state index in [2.05, 4.69) is 65.8 Å². The molecule has 0 radical (unpaired) electrons. The van der Waals surface area contributed by atoms with Crippen molar-refractivity contribution < 1.29 is 0 Å². The molecule has 0 aromatic carbocycles. The highest BCUT2D eigenvalue weighted by Gasteiger charge is 2.14. The number of aromatic nitrogens is 2. The molecule has 1 aromatic rings. The first kappa shape index (κ1) is 15.4. The van der Waals surface area contributed by atoms with Crippen LogP contribution in [0.1, 0.15) is 52.6 Å². The number of hydrogen-bond acceptors (Lipinski definition) is 3. The highest BCUT2D eigenvalue weighted by Crippen LogP contribution is 2.26. The number of hydrogen-bond donors (Lipinski definition) is 1. The van der Waals surface area contributed by atoms with Gasteiger partial charge in [0.2, 0.25) is 0 Å². The van der Waals surface area contributed by atoms with Crippen LogP contribution in [-0.2, 0) is 12.8 Å². The number of nitrogens with zero attached hydrogens (tertiary/aromatic N) is 2. The highest BCUT2D eigenvalue weighted by molar-refractivity contribution is 9.10. The quantitative estimate of drug-likeness (QED) is 0.884. The predicted octanol–water partition coefficient (Wildman–Crippen LogP) is 4.21. The van der Waals surface area contributed by atoms with E-state index in [1.165, 1.54) is 0 Å². The van der Waals surface area contributed by atoms with Crippen LogP contribution in [0.3, 0.4) is 0 Å². The summed E-state index contributed by atoms with van der Waals surface area (Å²) in [6.07, 6.45) is 2.95. The van der Waals surface area contributed by atoms with Gasteiger partial charge in [-0.1, -0.05) is 27.7 Å². The lowest BCUT2D eigenvalue weighted by Gasteiger charge is -2.18. The van der Waals surface area contributed by atoms with Crippen LogP contribution in [0.5, 0.6) is 0 Å². The zero-order chi connectivity index (χ0) is 13.8. The molecule has 4 heteroatoms. The summed E-state index contributed by atoms with van der Waals surface area (Å²) < 4.78 is 1.01. The molecule has 0 unspecified atom stereocenters. The third-order valence-corrected chi connectivity index (χ3v) is 3.58. The lowest BCUT2D eigenvalue weighted by molar-refractivity contribution is 0.374. The minimum Gasteiger partial charge on any atom is -0.369 e. The van der Waals surface area contributed by atoms with Gasteiger partial charge in [0, 0.05) is 13.0 Å². The Labute approximate surface area is 119 Å². The van der Waals surface area contributed by atoms with E-state index in [0.29, 0.717) is 5.41 Å². The highest BCUT2D eigenvalue weighted by atomic mass is 79.9. The molecule has 1 aromatic heterocycles. The van der Waals surface area contributed by atoms with Crippen LogP contribution in [0.25, 0.3) is 0 Å². The second-order valence-electron chi connectivity index (χ2n) is 5.69. The van der Waals surface area contributed by atoms with Gasteiger partial charge >= 0.3 is 0 Å². The van der Waals surface area contributed by atoms with Gasteiger partial charge in [-0.05, 0) is 41.1 Å². The zero-order valence-electron chi connectivity index (χ0n) is 12.1. The first-order valence-corrected chi connectivity index (χ1v) is 7.45. The molecule has 0 saturated heterocycles. The first-order valence-electron chi connectivity index (χ1n) is 6.66. The lowest BCUT2D eigenvalue weighted by atomic mass is 9.90. The smallest absolute Gasteiger partial charge is 0.144 e. The maximum Gasteiger partial charge on any atom is 0.144 e. The summed E-state index contributed by atoms with van der Waals surface area (Å²) in [5.74, 6) is 1.87. The monoisotopic (exact) mass is 313 g/mol. The molecule has 0 bridgehead atoms. The lowest BCUT2D eigenvalue weighted by Crippen LogP contribution is -2.11. The van der Waals surface area contributed by atoms with Crippen LogP contribution in [0.2, 0.25) is 0 Å². The van der Waals surface area contributed by atoms with Crippen molar-refractivity contribution in [3.05, 3.63) is 16.0 Å². The normalized spacial score (nSPS) is 11.7. The summed E-state index contributed by atoms with van der Waals surface area (Å²) in [6.45, 7) is 11.8. The molecule has 1 rings (SSSR count). The van der Waals surface area contributed by atoms with Crippen molar-refractivity contribution in [2.24, 2.45) is 5.41 Å². The minimum absolute atomic E-state index is 0.321. The Bertz CT molecular complexity index is 397. The predicted molar refractivity (Wildman–Crippen MR) is 81.0 cm³/mol. The third kappa shape index (κ3) is 4.56.